The van der Waals surface area contributed by atoms with E-state index >= 15 is 0 Å². The number of carbonyl (C=O) groups is 1. The van der Waals surface area contributed by atoms with Crippen LogP contribution in [0.3, 0.4) is 0 Å². The number of nitrogens with one attached hydrogen (secondary N) is 1. The van der Waals surface area contributed by atoms with E-state index in [1.54, 1.807) is 23.1 Å². The number of pyridine rings is 1. The first kappa shape index (κ1) is 19.7. The van der Waals surface area contributed by atoms with Gasteiger partial charge in [0.15, 0.2) is 11.5 Å². The zero-order chi connectivity index (χ0) is 21.9. The highest BCUT2D eigenvalue weighted by Gasteiger charge is 2.47. The van der Waals surface area contributed by atoms with Crippen LogP contribution >= 0.6 is 15.9 Å². The van der Waals surface area contributed by atoms with E-state index < -0.39 is 5.82 Å². The Morgan fingerprint density at radius 3 is 3.03 bits per heavy atom. The Hall–Kier alpha value is -2.94. The van der Waals surface area contributed by atoms with Gasteiger partial charge < -0.3 is 5.32 Å². The van der Waals surface area contributed by atoms with Gasteiger partial charge in [-0.05, 0) is 59.7 Å². The Balaban J connectivity index is 1.36. The van der Waals surface area contributed by atoms with Gasteiger partial charge in [0.2, 0.25) is 5.91 Å². The molecule has 0 unspecified atom stereocenters. The van der Waals surface area contributed by atoms with E-state index in [9.17, 15) is 9.18 Å². The topological polar surface area (TPSA) is 85.6 Å². The summed E-state index contributed by atoms with van der Waals surface area (Å²) in [6, 6.07) is 6.88. The van der Waals surface area contributed by atoms with Crippen molar-refractivity contribution in [2.45, 2.75) is 32.1 Å². The van der Waals surface area contributed by atoms with Gasteiger partial charge in [-0.3, -0.25) is 9.78 Å². The molecular formula is C23H20BrFN6O. The third-order valence-corrected chi connectivity index (χ3v) is 7.46. The summed E-state index contributed by atoms with van der Waals surface area (Å²) >= 11 is 3.48. The molecule has 4 heterocycles. The van der Waals surface area contributed by atoms with Crippen LogP contribution in [0.5, 0.6) is 0 Å². The summed E-state index contributed by atoms with van der Waals surface area (Å²) in [4.78, 5) is 25.8. The molecule has 1 aliphatic carbocycles. The van der Waals surface area contributed by atoms with Gasteiger partial charge in [0, 0.05) is 36.8 Å². The SMILES string of the molecule is O=C1NCC[C@]12CC[C@@H](Cc1ncc3c(Br)nn(-c4cc(F)c5ncccc5c4)c3n1)C2. The summed E-state index contributed by atoms with van der Waals surface area (Å²) in [6.07, 6.45) is 7.78. The fraction of sp³-hybridized carbons (Fsp3) is 0.348. The number of benzene rings is 1. The number of halogens is 2. The van der Waals surface area contributed by atoms with Gasteiger partial charge in [-0.2, -0.15) is 5.10 Å². The maximum absolute atomic E-state index is 14.7. The van der Waals surface area contributed by atoms with Crippen LogP contribution in [-0.2, 0) is 11.2 Å². The lowest BCUT2D eigenvalue weighted by atomic mass is 9.83. The highest BCUT2D eigenvalue weighted by molar-refractivity contribution is 9.10. The van der Waals surface area contributed by atoms with Gasteiger partial charge in [-0.1, -0.05) is 6.07 Å². The minimum atomic E-state index is -0.404. The largest absolute Gasteiger partial charge is 0.356 e. The molecule has 2 fully saturated rings. The summed E-state index contributed by atoms with van der Waals surface area (Å²) in [5.74, 6) is 0.888. The van der Waals surface area contributed by atoms with Crippen molar-refractivity contribution in [2.24, 2.45) is 11.3 Å². The van der Waals surface area contributed by atoms with Crippen molar-refractivity contribution < 1.29 is 9.18 Å². The Kier molecular flexibility index (Phi) is 4.50. The summed E-state index contributed by atoms with van der Waals surface area (Å²) in [7, 11) is 0. The van der Waals surface area contributed by atoms with Crippen LogP contribution in [0.15, 0.2) is 41.3 Å². The zero-order valence-electron chi connectivity index (χ0n) is 17.2. The van der Waals surface area contributed by atoms with E-state index in [1.807, 2.05) is 12.1 Å². The number of nitrogens with zero attached hydrogens (tertiary/aromatic N) is 5. The molecule has 2 aliphatic rings. The first-order chi connectivity index (χ1) is 15.5. The molecule has 4 aromatic rings. The van der Waals surface area contributed by atoms with E-state index in [0.717, 1.165) is 43.4 Å². The number of hydrogen-bond donors (Lipinski definition) is 1. The second-order valence-corrected chi connectivity index (χ2v) is 9.58. The summed E-state index contributed by atoms with van der Waals surface area (Å²) < 4.78 is 16.9. The molecule has 6 rings (SSSR count). The number of carbonyl (C=O) groups excluding carboxylic acids is 1. The van der Waals surface area contributed by atoms with Gasteiger partial charge in [-0.25, -0.2) is 19.0 Å². The Morgan fingerprint density at radius 1 is 1.28 bits per heavy atom. The molecule has 1 saturated carbocycles. The third-order valence-electron chi connectivity index (χ3n) is 6.87. The van der Waals surface area contributed by atoms with Crippen LogP contribution in [0.2, 0.25) is 0 Å². The predicted molar refractivity (Wildman–Crippen MR) is 121 cm³/mol. The minimum Gasteiger partial charge on any atom is -0.356 e. The van der Waals surface area contributed by atoms with E-state index in [2.05, 4.69) is 36.3 Å². The summed E-state index contributed by atoms with van der Waals surface area (Å²) in [6.45, 7) is 0.777. The zero-order valence-corrected chi connectivity index (χ0v) is 18.8. The highest BCUT2D eigenvalue weighted by Crippen LogP contribution is 2.47. The second-order valence-electron chi connectivity index (χ2n) is 8.83. The van der Waals surface area contributed by atoms with E-state index in [4.69, 9.17) is 4.98 Å². The predicted octanol–water partition coefficient (Wildman–Crippen LogP) is 4.11. The molecule has 1 aliphatic heterocycles. The highest BCUT2D eigenvalue weighted by atomic mass is 79.9. The molecule has 32 heavy (non-hydrogen) atoms. The fourth-order valence-corrected chi connectivity index (χ4v) is 5.70. The number of amides is 1. The lowest BCUT2D eigenvalue weighted by Gasteiger charge is -2.19. The van der Waals surface area contributed by atoms with Crippen molar-refractivity contribution in [3.8, 4) is 5.69 Å². The van der Waals surface area contributed by atoms with Gasteiger partial charge >= 0.3 is 0 Å². The number of hydrogen-bond acceptors (Lipinski definition) is 5. The van der Waals surface area contributed by atoms with Crippen molar-refractivity contribution in [1.82, 2.24) is 30.0 Å². The monoisotopic (exact) mass is 494 g/mol. The number of fused-ring (bicyclic) bond motifs is 2. The molecule has 162 valence electrons. The quantitative estimate of drug-likeness (QED) is 0.463. The molecule has 1 N–H and O–H groups in total. The third kappa shape index (κ3) is 3.09. The van der Waals surface area contributed by atoms with Crippen LogP contribution in [0.1, 0.15) is 31.5 Å². The van der Waals surface area contributed by atoms with E-state index in [1.165, 1.54) is 6.07 Å². The molecule has 1 aromatic carbocycles. The summed E-state index contributed by atoms with van der Waals surface area (Å²) in [5.41, 5.74) is 1.32. The molecule has 3 aromatic heterocycles. The van der Waals surface area contributed by atoms with Crippen molar-refractivity contribution >= 4 is 43.8 Å². The van der Waals surface area contributed by atoms with Crippen LogP contribution in [0.25, 0.3) is 27.6 Å². The molecule has 1 saturated heterocycles. The van der Waals surface area contributed by atoms with Gasteiger partial charge in [-0.15, -0.1) is 0 Å². The molecule has 0 bridgehead atoms. The van der Waals surface area contributed by atoms with Crippen molar-refractivity contribution in [2.75, 3.05) is 6.54 Å². The van der Waals surface area contributed by atoms with Crippen molar-refractivity contribution in [3.05, 3.63) is 52.9 Å². The van der Waals surface area contributed by atoms with Gasteiger partial charge in [0.05, 0.1) is 16.5 Å². The van der Waals surface area contributed by atoms with Crippen LogP contribution in [0.4, 0.5) is 4.39 Å². The standard InChI is InChI=1S/C23H20BrFN6O/c24-20-16-12-28-18(8-13-3-4-23(11-13)5-7-27-22(23)32)29-21(16)31(30-20)15-9-14-2-1-6-26-19(14)17(25)10-15/h1-2,6,9-10,12-13H,3-5,7-8,11H2,(H,27,32)/t13-,23-/m0/s1. The molecule has 1 spiro atoms. The molecule has 9 heteroatoms. The van der Waals surface area contributed by atoms with Crippen LogP contribution < -0.4 is 5.32 Å². The molecular weight excluding hydrogens is 475 g/mol. The number of aromatic nitrogens is 5. The molecule has 2 atom stereocenters. The van der Waals surface area contributed by atoms with E-state index in [0.29, 0.717) is 39.2 Å². The summed E-state index contributed by atoms with van der Waals surface area (Å²) in [5, 5.41) is 8.98. The lowest BCUT2D eigenvalue weighted by molar-refractivity contribution is -0.127. The van der Waals surface area contributed by atoms with Gasteiger partial charge in [0.1, 0.15) is 15.9 Å². The van der Waals surface area contributed by atoms with Crippen molar-refractivity contribution in [3.63, 3.8) is 0 Å². The Bertz CT molecular complexity index is 1390. The molecule has 7 nitrogen and oxygen atoms in total. The number of rotatable bonds is 3. The lowest BCUT2D eigenvalue weighted by Crippen LogP contribution is -2.28. The molecule has 0 radical (unpaired) electrons. The van der Waals surface area contributed by atoms with Gasteiger partial charge in [0.25, 0.3) is 0 Å². The smallest absolute Gasteiger partial charge is 0.226 e. The minimum absolute atomic E-state index is 0.198. The fourth-order valence-electron chi connectivity index (χ4n) is 5.26. The Morgan fingerprint density at radius 2 is 2.19 bits per heavy atom. The van der Waals surface area contributed by atoms with Crippen LogP contribution in [0, 0.1) is 17.2 Å². The Labute approximate surface area is 191 Å². The maximum atomic E-state index is 14.7. The average Bonchev–Trinajstić information content (AvgIpc) is 3.46. The average molecular weight is 495 g/mol. The maximum Gasteiger partial charge on any atom is 0.226 e. The second kappa shape index (κ2) is 7.30. The first-order valence-corrected chi connectivity index (χ1v) is 11.5. The first-order valence-electron chi connectivity index (χ1n) is 10.8. The normalized spacial score (nSPS) is 22.9. The van der Waals surface area contributed by atoms with Crippen molar-refractivity contribution in [1.29, 1.82) is 0 Å². The van der Waals surface area contributed by atoms with E-state index in [-0.39, 0.29) is 11.3 Å². The van der Waals surface area contributed by atoms with Crippen LogP contribution in [-0.4, -0.2) is 37.2 Å². The molecule has 1 amide bonds.